The Balaban J connectivity index is 1.37. The Morgan fingerprint density at radius 3 is 2.82 bits per heavy atom. The number of likely N-dealkylation sites (tertiary alicyclic amines) is 1. The molecule has 0 bridgehead atoms. The lowest BCUT2D eigenvalue weighted by atomic mass is 9.83. The quantitative estimate of drug-likeness (QED) is 0.452. The van der Waals surface area contributed by atoms with Crippen LogP contribution < -0.4 is 10.1 Å². The zero-order valence-corrected chi connectivity index (χ0v) is 22.5. The molecule has 0 spiro atoms. The monoisotopic (exact) mass is 537 g/mol. The van der Waals surface area contributed by atoms with E-state index in [0.29, 0.717) is 36.7 Å². The van der Waals surface area contributed by atoms with Gasteiger partial charge in [-0.3, -0.25) is 0 Å². The Bertz CT molecular complexity index is 1300. The maximum Gasteiger partial charge on any atom is 0.164 e. The topological polar surface area (TPSA) is 74.2 Å². The van der Waals surface area contributed by atoms with E-state index in [1.807, 2.05) is 18.2 Å². The highest BCUT2D eigenvalue weighted by atomic mass is 35.5. The highest BCUT2D eigenvalue weighted by Gasteiger charge is 2.44. The summed E-state index contributed by atoms with van der Waals surface area (Å²) in [6.45, 7) is 6.23. The zero-order valence-electron chi connectivity index (χ0n) is 21.7. The second-order valence-electron chi connectivity index (χ2n) is 10.7. The average Bonchev–Trinajstić information content (AvgIpc) is 3.08. The molecule has 0 aromatic heterocycles. The van der Waals surface area contributed by atoms with E-state index < -0.39 is 17.3 Å². The average molecular weight is 538 g/mol. The number of allylic oxidation sites excluding steroid dienone is 3. The van der Waals surface area contributed by atoms with Gasteiger partial charge in [-0.2, -0.15) is 0 Å². The molecular weight excluding hydrogens is 505 g/mol. The van der Waals surface area contributed by atoms with Gasteiger partial charge in [-0.15, -0.1) is 4.91 Å². The van der Waals surface area contributed by atoms with Crippen molar-refractivity contribution in [3.63, 3.8) is 0 Å². The first-order valence-electron chi connectivity index (χ1n) is 13.0. The van der Waals surface area contributed by atoms with Gasteiger partial charge in [-0.05, 0) is 61.2 Å². The lowest BCUT2D eigenvalue weighted by Crippen LogP contribution is -2.51. The molecule has 1 unspecified atom stereocenters. The summed E-state index contributed by atoms with van der Waals surface area (Å²) >= 11 is 5.96. The second-order valence-corrected chi connectivity index (χ2v) is 11.1. The van der Waals surface area contributed by atoms with Gasteiger partial charge < -0.3 is 20.1 Å². The van der Waals surface area contributed by atoms with Crippen molar-refractivity contribution in [1.82, 2.24) is 10.2 Å². The molecule has 200 valence electrons. The molecule has 2 aromatic rings. The summed E-state index contributed by atoms with van der Waals surface area (Å²) in [5, 5.41) is 18.1. The van der Waals surface area contributed by atoms with Crippen LogP contribution in [0.1, 0.15) is 43.4 Å². The summed E-state index contributed by atoms with van der Waals surface area (Å²) in [5.41, 5.74) is 2.66. The van der Waals surface area contributed by atoms with E-state index in [1.165, 1.54) is 0 Å². The van der Waals surface area contributed by atoms with Crippen molar-refractivity contribution in [3.8, 4) is 5.75 Å². The van der Waals surface area contributed by atoms with E-state index in [9.17, 15) is 10.0 Å². The molecule has 3 aliphatic heterocycles. The molecule has 3 aliphatic rings. The number of hydrogen-bond acceptors (Lipinski definition) is 6. The smallest absolute Gasteiger partial charge is 0.164 e. The standard InChI is InChI=1S/C30H33ClFN3O3/c1-29(2,34-37)21-9-12-27-25(17-21)23(24-5-3-14-33-26(24)19-38-27)6-4-15-35-16-13-30(32,28(36)18-35)20-7-10-22(31)11-8-20/h3,5-12,17,28,33,36H,4,13-16,18-19H2,1-2H3/b23-6+/t28?,30-/m0/s1. The van der Waals surface area contributed by atoms with Gasteiger partial charge in [-0.25, -0.2) is 4.39 Å². The van der Waals surface area contributed by atoms with E-state index in [2.05, 4.69) is 33.6 Å². The first-order valence-corrected chi connectivity index (χ1v) is 13.4. The SMILES string of the molecule is CC(C)(N=O)c1ccc2c(c1)/C(=C/CCN1CC[C@](F)(c3ccc(Cl)cc3)C(O)C1)C1=C(CO2)NCC=C1. The number of dihydropyridines is 1. The molecular formula is C30H33ClFN3O3. The number of halogens is 2. The Hall–Kier alpha value is -3.00. The van der Waals surface area contributed by atoms with E-state index in [4.69, 9.17) is 16.3 Å². The summed E-state index contributed by atoms with van der Waals surface area (Å²) < 4.78 is 21.9. The van der Waals surface area contributed by atoms with Crippen LogP contribution in [0, 0.1) is 4.91 Å². The Morgan fingerprint density at radius 1 is 1.29 bits per heavy atom. The normalized spacial score (nSPS) is 24.8. The van der Waals surface area contributed by atoms with E-state index in [1.54, 1.807) is 38.1 Å². The molecule has 5 rings (SSSR count). The third kappa shape index (κ3) is 5.15. The molecule has 0 radical (unpaired) electrons. The molecule has 8 heteroatoms. The van der Waals surface area contributed by atoms with Crippen LogP contribution in [0.15, 0.2) is 77.1 Å². The van der Waals surface area contributed by atoms with Gasteiger partial charge in [0, 0.05) is 48.8 Å². The predicted octanol–water partition coefficient (Wildman–Crippen LogP) is 5.85. The van der Waals surface area contributed by atoms with Crippen molar-refractivity contribution >= 4 is 17.2 Å². The Labute approximate surface area is 227 Å². The van der Waals surface area contributed by atoms with Crippen LogP contribution in [0.3, 0.4) is 0 Å². The van der Waals surface area contributed by atoms with Crippen molar-refractivity contribution in [2.75, 3.05) is 32.8 Å². The fourth-order valence-corrected chi connectivity index (χ4v) is 5.50. The summed E-state index contributed by atoms with van der Waals surface area (Å²) in [6, 6.07) is 12.4. The number of ether oxygens (including phenoxy) is 1. The number of hydrogen-bond donors (Lipinski definition) is 2. The molecule has 2 aromatic carbocycles. The number of nitrogens with zero attached hydrogens (tertiary/aromatic N) is 2. The highest BCUT2D eigenvalue weighted by molar-refractivity contribution is 6.30. The van der Waals surface area contributed by atoms with E-state index in [-0.39, 0.29) is 13.0 Å². The number of rotatable bonds is 6. The van der Waals surface area contributed by atoms with Gasteiger partial charge in [0.1, 0.15) is 24.0 Å². The van der Waals surface area contributed by atoms with Crippen LogP contribution in [-0.4, -0.2) is 48.9 Å². The largest absolute Gasteiger partial charge is 0.487 e. The number of alkyl halides is 1. The van der Waals surface area contributed by atoms with Crippen molar-refractivity contribution in [2.24, 2.45) is 5.18 Å². The number of aliphatic hydroxyl groups excluding tert-OH is 1. The third-order valence-corrected chi connectivity index (χ3v) is 8.03. The van der Waals surface area contributed by atoms with Crippen LogP contribution >= 0.6 is 11.6 Å². The number of nitrogens with one attached hydrogen (secondary N) is 1. The number of aliphatic hydroxyl groups is 1. The summed E-state index contributed by atoms with van der Waals surface area (Å²) in [4.78, 5) is 13.6. The van der Waals surface area contributed by atoms with Gasteiger partial charge in [0.15, 0.2) is 5.67 Å². The van der Waals surface area contributed by atoms with Gasteiger partial charge in [0.05, 0.1) is 5.70 Å². The van der Waals surface area contributed by atoms with Crippen LogP contribution in [0.25, 0.3) is 5.57 Å². The van der Waals surface area contributed by atoms with Crippen LogP contribution in [0.2, 0.25) is 5.02 Å². The second kappa shape index (κ2) is 10.6. The number of piperidine rings is 1. The zero-order chi connectivity index (χ0) is 26.9. The highest BCUT2D eigenvalue weighted by Crippen LogP contribution is 2.41. The molecule has 3 heterocycles. The molecule has 1 fully saturated rings. The number of β-amino-alcohol motifs (C(OH)–C–C–N with tert-alkyl or cyclic N) is 1. The fourth-order valence-electron chi connectivity index (χ4n) is 5.38. The summed E-state index contributed by atoms with van der Waals surface area (Å²) in [7, 11) is 0. The van der Waals surface area contributed by atoms with Gasteiger partial charge in [0.2, 0.25) is 0 Å². The van der Waals surface area contributed by atoms with Gasteiger partial charge in [-0.1, -0.05) is 53.2 Å². The lowest BCUT2D eigenvalue weighted by Gasteiger charge is -2.40. The third-order valence-electron chi connectivity index (χ3n) is 7.78. The summed E-state index contributed by atoms with van der Waals surface area (Å²) in [6.07, 6.45) is 6.15. The maximum absolute atomic E-state index is 15.8. The first-order chi connectivity index (χ1) is 18.2. The van der Waals surface area contributed by atoms with E-state index >= 15 is 4.39 Å². The van der Waals surface area contributed by atoms with E-state index in [0.717, 1.165) is 40.3 Å². The molecule has 2 atom stereocenters. The molecule has 6 nitrogen and oxygen atoms in total. The fraction of sp³-hybridized carbons (Fsp3) is 0.400. The molecule has 1 saturated heterocycles. The minimum atomic E-state index is -1.79. The minimum Gasteiger partial charge on any atom is -0.487 e. The predicted molar refractivity (Wildman–Crippen MR) is 149 cm³/mol. The van der Waals surface area contributed by atoms with Crippen molar-refractivity contribution in [3.05, 3.63) is 98.6 Å². The molecule has 0 amide bonds. The Morgan fingerprint density at radius 2 is 2.08 bits per heavy atom. The molecule has 0 aliphatic carbocycles. The van der Waals surface area contributed by atoms with Crippen LogP contribution in [0.5, 0.6) is 5.75 Å². The van der Waals surface area contributed by atoms with Crippen molar-refractivity contribution < 1.29 is 14.2 Å². The van der Waals surface area contributed by atoms with Crippen molar-refractivity contribution in [1.29, 1.82) is 0 Å². The lowest BCUT2D eigenvalue weighted by molar-refractivity contribution is -0.0711. The maximum atomic E-state index is 15.8. The summed E-state index contributed by atoms with van der Waals surface area (Å²) in [5.74, 6) is 0.755. The number of fused-ring (bicyclic) bond motifs is 1. The number of nitroso groups, excluding NO2 is 1. The van der Waals surface area contributed by atoms with Gasteiger partial charge >= 0.3 is 0 Å². The van der Waals surface area contributed by atoms with Crippen molar-refractivity contribution in [2.45, 2.75) is 44.0 Å². The molecule has 2 N–H and O–H groups in total. The molecule has 0 saturated carbocycles. The Kier molecular flexibility index (Phi) is 7.45. The minimum absolute atomic E-state index is 0.210. The molecule has 38 heavy (non-hydrogen) atoms. The van der Waals surface area contributed by atoms with Crippen LogP contribution in [0.4, 0.5) is 4.39 Å². The van der Waals surface area contributed by atoms with Crippen LogP contribution in [-0.2, 0) is 11.2 Å². The number of benzene rings is 2. The first kappa shape index (κ1) is 26.6. The van der Waals surface area contributed by atoms with Gasteiger partial charge in [0.25, 0.3) is 0 Å².